The highest BCUT2D eigenvalue weighted by Gasteiger charge is 2.28. The van der Waals surface area contributed by atoms with Crippen molar-refractivity contribution in [2.24, 2.45) is 5.92 Å². The van der Waals surface area contributed by atoms with Gasteiger partial charge in [-0.05, 0) is 25.7 Å². The molecule has 1 aliphatic carbocycles. The molecule has 2 unspecified atom stereocenters. The van der Waals surface area contributed by atoms with Gasteiger partial charge in [0, 0.05) is 18.8 Å². The van der Waals surface area contributed by atoms with Crippen LogP contribution >= 0.6 is 0 Å². The molecule has 78 valence electrons. The molecule has 0 saturated heterocycles. The van der Waals surface area contributed by atoms with Crippen LogP contribution in [0.2, 0.25) is 0 Å². The van der Waals surface area contributed by atoms with Crippen molar-refractivity contribution in [1.29, 1.82) is 0 Å². The van der Waals surface area contributed by atoms with E-state index in [1.165, 1.54) is 24.9 Å². The first-order chi connectivity index (χ1) is 6.83. The van der Waals surface area contributed by atoms with Gasteiger partial charge in [-0.3, -0.25) is 4.68 Å². The van der Waals surface area contributed by atoms with Crippen LogP contribution in [-0.4, -0.2) is 15.8 Å². The van der Waals surface area contributed by atoms with Gasteiger partial charge in [0.25, 0.3) is 0 Å². The van der Waals surface area contributed by atoms with Gasteiger partial charge in [-0.25, -0.2) is 0 Å². The summed E-state index contributed by atoms with van der Waals surface area (Å²) in [5, 5.41) is 7.80. The van der Waals surface area contributed by atoms with Crippen LogP contribution < -0.4 is 5.32 Å². The zero-order valence-electron chi connectivity index (χ0n) is 9.03. The second-order valence-electron chi connectivity index (χ2n) is 4.08. The predicted molar refractivity (Wildman–Crippen MR) is 58.3 cm³/mol. The van der Waals surface area contributed by atoms with Crippen LogP contribution in [0.3, 0.4) is 0 Å². The number of aryl methyl sites for hydroxylation is 1. The summed E-state index contributed by atoms with van der Waals surface area (Å²) in [7, 11) is 0. The van der Waals surface area contributed by atoms with E-state index in [0.717, 1.165) is 12.5 Å². The molecule has 1 aromatic heterocycles. The molecular weight excluding hydrogens is 174 g/mol. The normalized spacial score (nSPS) is 25.9. The Hall–Kier alpha value is -0.990. The van der Waals surface area contributed by atoms with Gasteiger partial charge in [-0.15, -0.1) is 0 Å². The number of anilines is 1. The molecule has 0 amide bonds. The Morgan fingerprint density at radius 2 is 2.36 bits per heavy atom. The standard InChI is InChI=1S/C11H19N3/c1-3-9-5-6-11(9)13-10-7-12-14(4-2)8-10/h7-9,11,13H,3-6H2,1-2H3. The maximum atomic E-state index is 4.25. The van der Waals surface area contributed by atoms with Gasteiger partial charge >= 0.3 is 0 Å². The Morgan fingerprint density at radius 3 is 2.86 bits per heavy atom. The van der Waals surface area contributed by atoms with Gasteiger partial charge in [0.1, 0.15) is 0 Å². The Balaban J connectivity index is 1.90. The van der Waals surface area contributed by atoms with Crippen LogP contribution in [0, 0.1) is 5.92 Å². The fourth-order valence-corrected chi connectivity index (χ4v) is 2.07. The third kappa shape index (κ3) is 1.76. The minimum atomic E-state index is 0.689. The zero-order valence-corrected chi connectivity index (χ0v) is 9.03. The topological polar surface area (TPSA) is 29.9 Å². The third-order valence-corrected chi connectivity index (χ3v) is 3.25. The molecule has 1 heterocycles. The maximum absolute atomic E-state index is 4.25. The van der Waals surface area contributed by atoms with Crippen LogP contribution in [0.1, 0.15) is 33.1 Å². The van der Waals surface area contributed by atoms with Crippen molar-refractivity contribution in [2.45, 2.75) is 45.7 Å². The molecule has 0 spiro atoms. The van der Waals surface area contributed by atoms with Crippen molar-refractivity contribution < 1.29 is 0 Å². The van der Waals surface area contributed by atoms with E-state index in [1.807, 2.05) is 10.9 Å². The summed E-state index contributed by atoms with van der Waals surface area (Å²) in [6, 6.07) is 0.689. The number of hydrogen-bond acceptors (Lipinski definition) is 2. The number of aromatic nitrogens is 2. The highest BCUT2D eigenvalue weighted by atomic mass is 15.3. The van der Waals surface area contributed by atoms with Gasteiger partial charge in [-0.1, -0.05) is 13.3 Å². The van der Waals surface area contributed by atoms with Gasteiger partial charge < -0.3 is 5.32 Å². The van der Waals surface area contributed by atoms with E-state index < -0.39 is 0 Å². The summed E-state index contributed by atoms with van der Waals surface area (Å²) in [6.07, 6.45) is 8.01. The molecule has 3 heteroatoms. The average Bonchev–Trinajstić information content (AvgIpc) is 2.61. The maximum Gasteiger partial charge on any atom is 0.0728 e. The van der Waals surface area contributed by atoms with Crippen molar-refractivity contribution in [3.05, 3.63) is 12.4 Å². The van der Waals surface area contributed by atoms with Crippen molar-refractivity contribution in [3.63, 3.8) is 0 Å². The van der Waals surface area contributed by atoms with Gasteiger partial charge in [0.15, 0.2) is 0 Å². The second kappa shape index (κ2) is 4.03. The molecule has 1 fully saturated rings. The quantitative estimate of drug-likeness (QED) is 0.796. The van der Waals surface area contributed by atoms with E-state index in [2.05, 4.69) is 30.5 Å². The first kappa shape index (κ1) is 9.56. The lowest BCUT2D eigenvalue weighted by Gasteiger charge is -2.36. The molecule has 1 saturated carbocycles. The molecule has 1 aliphatic rings. The van der Waals surface area contributed by atoms with E-state index in [9.17, 15) is 0 Å². The fourth-order valence-electron chi connectivity index (χ4n) is 2.07. The molecule has 1 N–H and O–H groups in total. The lowest BCUT2D eigenvalue weighted by Crippen LogP contribution is -2.37. The van der Waals surface area contributed by atoms with E-state index in [-0.39, 0.29) is 0 Å². The molecule has 0 bridgehead atoms. The Kier molecular flexibility index (Phi) is 2.75. The van der Waals surface area contributed by atoms with Gasteiger partial charge in [0.2, 0.25) is 0 Å². The summed E-state index contributed by atoms with van der Waals surface area (Å²) >= 11 is 0. The van der Waals surface area contributed by atoms with Crippen LogP contribution in [-0.2, 0) is 6.54 Å². The summed E-state index contributed by atoms with van der Waals surface area (Å²) in [4.78, 5) is 0. The highest BCUT2D eigenvalue weighted by molar-refractivity contribution is 5.40. The second-order valence-corrected chi connectivity index (χ2v) is 4.08. The Labute approximate surface area is 85.5 Å². The van der Waals surface area contributed by atoms with E-state index in [0.29, 0.717) is 6.04 Å². The van der Waals surface area contributed by atoms with Crippen LogP contribution in [0.5, 0.6) is 0 Å². The molecule has 3 nitrogen and oxygen atoms in total. The Bertz CT molecular complexity index is 290. The molecule has 0 aromatic carbocycles. The van der Waals surface area contributed by atoms with Crippen LogP contribution in [0.25, 0.3) is 0 Å². The Morgan fingerprint density at radius 1 is 1.50 bits per heavy atom. The smallest absolute Gasteiger partial charge is 0.0728 e. The molecule has 2 rings (SSSR count). The molecule has 1 aromatic rings. The minimum Gasteiger partial charge on any atom is -0.379 e. The van der Waals surface area contributed by atoms with E-state index >= 15 is 0 Å². The first-order valence-corrected chi connectivity index (χ1v) is 5.62. The van der Waals surface area contributed by atoms with Crippen molar-refractivity contribution in [3.8, 4) is 0 Å². The first-order valence-electron chi connectivity index (χ1n) is 5.62. The number of rotatable bonds is 4. The fraction of sp³-hybridized carbons (Fsp3) is 0.727. The summed E-state index contributed by atoms with van der Waals surface area (Å²) < 4.78 is 1.96. The number of nitrogens with zero attached hydrogens (tertiary/aromatic N) is 2. The molecule has 14 heavy (non-hydrogen) atoms. The largest absolute Gasteiger partial charge is 0.379 e. The average molecular weight is 193 g/mol. The summed E-state index contributed by atoms with van der Waals surface area (Å²) in [6.45, 7) is 5.33. The number of nitrogens with one attached hydrogen (secondary N) is 1. The van der Waals surface area contributed by atoms with Crippen molar-refractivity contribution >= 4 is 5.69 Å². The molecule has 0 aliphatic heterocycles. The monoisotopic (exact) mass is 193 g/mol. The zero-order chi connectivity index (χ0) is 9.97. The minimum absolute atomic E-state index is 0.689. The van der Waals surface area contributed by atoms with Gasteiger partial charge in [0.05, 0.1) is 11.9 Å². The summed E-state index contributed by atoms with van der Waals surface area (Å²) in [5.74, 6) is 0.875. The third-order valence-electron chi connectivity index (χ3n) is 3.25. The van der Waals surface area contributed by atoms with Gasteiger partial charge in [-0.2, -0.15) is 5.10 Å². The number of hydrogen-bond donors (Lipinski definition) is 1. The van der Waals surface area contributed by atoms with Crippen molar-refractivity contribution in [2.75, 3.05) is 5.32 Å². The SMILES string of the molecule is CCC1CCC1Nc1cnn(CC)c1. The van der Waals surface area contributed by atoms with E-state index in [1.54, 1.807) is 0 Å². The summed E-state index contributed by atoms with van der Waals surface area (Å²) in [5.41, 5.74) is 1.18. The highest BCUT2D eigenvalue weighted by Crippen LogP contribution is 2.32. The van der Waals surface area contributed by atoms with Crippen LogP contribution in [0.15, 0.2) is 12.4 Å². The molecule has 0 radical (unpaired) electrons. The van der Waals surface area contributed by atoms with Crippen LogP contribution in [0.4, 0.5) is 5.69 Å². The van der Waals surface area contributed by atoms with Crippen molar-refractivity contribution in [1.82, 2.24) is 9.78 Å². The van der Waals surface area contributed by atoms with E-state index in [4.69, 9.17) is 0 Å². The molecule has 2 atom stereocenters. The lowest BCUT2D eigenvalue weighted by molar-refractivity contribution is 0.269. The molecular formula is C11H19N3. The predicted octanol–water partition coefficient (Wildman–Crippen LogP) is 2.50. The lowest BCUT2D eigenvalue weighted by atomic mass is 9.78.